The van der Waals surface area contributed by atoms with Gasteiger partial charge in [-0.15, -0.1) is 0 Å². The molecule has 1 aromatic carbocycles. The molecule has 2 heterocycles. The number of fused-ring (bicyclic) bond motifs is 1. The minimum Gasteiger partial charge on any atom is -0.480 e. The van der Waals surface area contributed by atoms with Crippen LogP contribution in [-0.2, 0) is 11.2 Å². The first-order chi connectivity index (χ1) is 10.0. The summed E-state index contributed by atoms with van der Waals surface area (Å²) in [5, 5.41) is 2.88. The molecule has 1 aromatic heterocycles. The van der Waals surface area contributed by atoms with E-state index in [2.05, 4.69) is 10.3 Å². The fraction of sp³-hybridized carbons (Fsp3) is 0.294. The summed E-state index contributed by atoms with van der Waals surface area (Å²) in [6.45, 7) is 5.96. The molecule has 3 rings (SSSR count). The van der Waals surface area contributed by atoms with Gasteiger partial charge in [0.05, 0.1) is 11.9 Å². The van der Waals surface area contributed by atoms with Gasteiger partial charge in [0.25, 0.3) is 5.91 Å². The molecule has 21 heavy (non-hydrogen) atoms. The van der Waals surface area contributed by atoms with E-state index in [1.54, 1.807) is 6.20 Å². The lowest BCUT2D eigenvalue weighted by Crippen LogP contribution is -2.31. The van der Waals surface area contributed by atoms with Crippen molar-refractivity contribution in [2.45, 2.75) is 33.3 Å². The van der Waals surface area contributed by atoms with E-state index >= 15 is 0 Å². The smallest absolute Gasteiger partial charge is 0.265 e. The SMILES string of the molecule is Cc1cc(NC(=O)C2Cc3c(C)cccc3O2)cnc1C. The van der Waals surface area contributed by atoms with Crippen LogP contribution >= 0.6 is 0 Å². The molecule has 1 aliphatic heterocycles. The van der Waals surface area contributed by atoms with Crippen LogP contribution in [0.1, 0.15) is 22.4 Å². The number of carbonyl (C=O) groups is 1. The molecule has 4 heteroatoms. The molecule has 2 aromatic rings. The van der Waals surface area contributed by atoms with Crippen LogP contribution < -0.4 is 10.1 Å². The molecule has 4 nitrogen and oxygen atoms in total. The molecule has 0 saturated heterocycles. The number of anilines is 1. The van der Waals surface area contributed by atoms with Crippen LogP contribution in [0.4, 0.5) is 5.69 Å². The number of amides is 1. The first kappa shape index (κ1) is 13.6. The summed E-state index contributed by atoms with van der Waals surface area (Å²) in [7, 11) is 0. The topological polar surface area (TPSA) is 51.2 Å². The molecule has 0 fully saturated rings. The van der Waals surface area contributed by atoms with Crippen LogP contribution in [0.3, 0.4) is 0 Å². The average Bonchev–Trinajstić information content (AvgIpc) is 2.89. The second-order valence-corrected chi connectivity index (χ2v) is 5.48. The van der Waals surface area contributed by atoms with Gasteiger partial charge in [0.15, 0.2) is 6.10 Å². The average molecular weight is 282 g/mol. The first-order valence-electron chi connectivity index (χ1n) is 7.04. The summed E-state index contributed by atoms with van der Waals surface area (Å²) >= 11 is 0. The Morgan fingerprint density at radius 1 is 1.29 bits per heavy atom. The number of nitrogens with one attached hydrogen (secondary N) is 1. The zero-order valence-corrected chi connectivity index (χ0v) is 12.4. The van der Waals surface area contributed by atoms with Crippen LogP contribution in [0.2, 0.25) is 0 Å². The van der Waals surface area contributed by atoms with Gasteiger partial charge in [-0.2, -0.15) is 0 Å². The van der Waals surface area contributed by atoms with Crippen molar-refractivity contribution in [3.63, 3.8) is 0 Å². The minimum atomic E-state index is -0.470. The largest absolute Gasteiger partial charge is 0.480 e. The third-order valence-corrected chi connectivity index (χ3v) is 3.93. The number of carbonyl (C=O) groups excluding carboxylic acids is 1. The Kier molecular flexibility index (Phi) is 3.37. The van der Waals surface area contributed by atoms with E-state index < -0.39 is 6.10 Å². The van der Waals surface area contributed by atoms with Crippen molar-refractivity contribution >= 4 is 11.6 Å². The van der Waals surface area contributed by atoms with E-state index in [1.807, 2.05) is 45.0 Å². The lowest BCUT2D eigenvalue weighted by Gasteiger charge is -2.12. The van der Waals surface area contributed by atoms with Crippen molar-refractivity contribution < 1.29 is 9.53 Å². The number of aromatic nitrogens is 1. The van der Waals surface area contributed by atoms with E-state index in [-0.39, 0.29) is 5.91 Å². The lowest BCUT2D eigenvalue weighted by atomic mass is 10.0. The highest BCUT2D eigenvalue weighted by Crippen LogP contribution is 2.31. The number of aryl methyl sites for hydroxylation is 3. The van der Waals surface area contributed by atoms with Gasteiger partial charge in [0, 0.05) is 17.7 Å². The molecule has 1 aliphatic rings. The molecule has 0 spiro atoms. The molecule has 108 valence electrons. The van der Waals surface area contributed by atoms with Gasteiger partial charge in [0.1, 0.15) is 5.75 Å². The lowest BCUT2D eigenvalue weighted by molar-refractivity contribution is -0.122. The predicted octanol–water partition coefficient (Wildman–Crippen LogP) is 2.95. The number of rotatable bonds is 2. The summed E-state index contributed by atoms with van der Waals surface area (Å²) in [6.07, 6.45) is 1.82. The number of benzene rings is 1. The molecule has 0 bridgehead atoms. The van der Waals surface area contributed by atoms with Gasteiger partial charge in [-0.05, 0) is 44.0 Å². The van der Waals surface area contributed by atoms with E-state index in [1.165, 1.54) is 0 Å². The fourth-order valence-electron chi connectivity index (χ4n) is 2.51. The number of ether oxygens (including phenoxy) is 1. The maximum atomic E-state index is 12.3. The zero-order valence-electron chi connectivity index (χ0n) is 12.4. The van der Waals surface area contributed by atoms with Gasteiger partial charge in [-0.3, -0.25) is 9.78 Å². The van der Waals surface area contributed by atoms with Crippen LogP contribution in [0.5, 0.6) is 5.75 Å². The van der Waals surface area contributed by atoms with Crippen LogP contribution in [0, 0.1) is 20.8 Å². The van der Waals surface area contributed by atoms with Crippen molar-refractivity contribution in [2.24, 2.45) is 0 Å². The molecule has 0 radical (unpaired) electrons. The van der Waals surface area contributed by atoms with Crippen molar-refractivity contribution in [1.29, 1.82) is 0 Å². The van der Waals surface area contributed by atoms with Gasteiger partial charge in [-0.25, -0.2) is 0 Å². The summed E-state index contributed by atoms with van der Waals surface area (Å²) < 4.78 is 5.74. The second kappa shape index (κ2) is 5.20. The molecule has 1 atom stereocenters. The van der Waals surface area contributed by atoms with E-state index in [9.17, 15) is 4.79 Å². The summed E-state index contributed by atoms with van der Waals surface area (Å²) in [5.41, 5.74) is 5.01. The maximum Gasteiger partial charge on any atom is 0.265 e. The number of hydrogen-bond donors (Lipinski definition) is 1. The molecule has 1 unspecified atom stereocenters. The van der Waals surface area contributed by atoms with Crippen LogP contribution in [0.15, 0.2) is 30.5 Å². The Labute approximate surface area is 124 Å². The van der Waals surface area contributed by atoms with E-state index in [4.69, 9.17) is 4.74 Å². The van der Waals surface area contributed by atoms with Crippen LogP contribution in [-0.4, -0.2) is 17.0 Å². The molecule has 1 amide bonds. The van der Waals surface area contributed by atoms with Crippen molar-refractivity contribution in [3.8, 4) is 5.75 Å². The first-order valence-corrected chi connectivity index (χ1v) is 7.04. The Balaban J connectivity index is 1.73. The van der Waals surface area contributed by atoms with Gasteiger partial charge < -0.3 is 10.1 Å². The summed E-state index contributed by atoms with van der Waals surface area (Å²) in [5.74, 6) is 0.684. The third-order valence-electron chi connectivity index (χ3n) is 3.93. The van der Waals surface area contributed by atoms with E-state index in [0.717, 1.165) is 28.1 Å². The van der Waals surface area contributed by atoms with Crippen molar-refractivity contribution in [1.82, 2.24) is 4.98 Å². The van der Waals surface area contributed by atoms with E-state index in [0.29, 0.717) is 12.1 Å². The standard InChI is InChI=1S/C17H18N2O2/c1-10-5-4-6-15-14(10)8-16(21-15)17(20)19-13-7-11(2)12(3)18-9-13/h4-7,9,16H,8H2,1-3H3,(H,19,20). The quantitative estimate of drug-likeness (QED) is 0.921. The van der Waals surface area contributed by atoms with Gasteiger partial charge in [0.2, 0.25) is 0 Å². The molecule has 0 saturated carbocycles. The second-order valence-electron chi connectivity index (χ2n) is 5.48. The Bertz CT molecular complexity index is 710. The van der Waals surface area contributed by atoms with Crippen LogP contribution in [0.25, 0.3) is 0 Å². The third kappa shape index (κ3) is 2.61. The highest BCUT2D eigenvalue weighted by Gasteiger charge is 2.30. The number of nitrogens with zero attached hydrogens (tertiary/aromatic N) is 1. The monoisotopic (exact) mass is 282 g/mol. The highest BCUT2D eigenvalue weighted by molar-refractivity contribution is 5.95. The molecule has 1 N–H and O–H groups in total. The molecular formula is C17H18N2O2. The summed E-state index contributed by atoms with van der Waals surface area (Å²) in [6, 6.07) is 7.82. The summed E-state index contributed by atoms with van der Waals surface area (Å²) in [4.78, 5) is 16.6. The molecule has 0 aliphatic carbocycles. The molecular weight excluding hydrogens is 264 g/mol. The van der Waals surface area contributed by atoms with Gasteiger partial charge >= 0.3 is 0 Å². The Morgan fingerprint density at radius 3 is 2.81 bits per heavy atom. The Hall–Kier alpha value is -2.36. The van der Waals surface area contributed by atoms with Crippen molar-refractivity contribution in [2.75, 3.05) is 5.32 Å². The predicted molar refractivity (Wildman–Crippen MR) is 81.6 cm³/mol. The zero-order chi connectivity index (χ0) is 15.0. The van der Waals surface area contributed by atoms with Crippen molar-refractivity contribution in [3.05, 3.63) is 52.8 Å². The fourth-order valence-corrected chi connectivity index (χ4v) is 2.51. The highest BCUT2D eigenvalue weighted by atomic mass is 16.5. The normalized spacial score (nSPS) is 16.2. The number of hydrogen-bond acceptors (Lipinski definition) is 3. The Morgan fingerprint density at radius 2 is 2.10 bits per heavy atom. The minimum absolute atomic E-state index is 0.129. The van der Waals surface area contributed by atoms with Gasteiger partial charge in [-0.1, -0.05) is 12.1 Å². The maximum absolute atomic E-state index is 12.3. The number of pyridine rings is 1.